The zero-order valence-electron chi connectivity index (χ0n) is 13.0. The Morgan fingerprint density at radius 2 is 1.96 bits per heavy atom. The first-order valence-corrected chi connectivity index (χ1v) is 8.38. The summed E-state index contributed by atoms with van der Waals surface area (Å²) >= 11 is 5.99. The van der Waals surface area contributed by atoms with Crippen LogP contribution in [0.3, 0.4) is 0 Å². The number of piperidine rings is 1. The maximum atomic E-state index is 11.1. The Balaban J connectivity index is 0.00000192. The van der Waals surface area contributed by atoms with Gasteiger partial charge in [0.1, 0.15) is 0 Å². The molecular weight excluding hydrogens is 337 g/mol. The van der Waals surface area contributed by atoms with Gasteiger partial charge < -0.3 is 5.32 Å². The topological polar surface area (TPSA) is 58.4 Å². The molecule has 1 aliphatic heterocycles. The molecule has 0 spiro atoms. The van der Waals surface area contributed by atoms with Gasteiger partial charge in [-0.15, -0.1) is 12.4 Å². The molecule has 5 nitrogen and oxygen atoms in total. The van der Waals surface area contributed by atoms with E-state index in [4.69, 9.17) is 11.6 Å². The molecule has 0 atom stereocenters. The minimum Gasteiger partial charge on any atom is -0.314 e. The highest BCUT2D eigenvalue weighted by Crippen LogP contribution is 2.28. The number of hydrogen-bond acceptors (Lipinski definition) is 4. The van der Waals surface area contributed by atoms with Gasteiger partial charge in [0.2, 0.25) is 0 Å². The molecule has 0 aromatic heterocycles. The van der Waals surface area contributed by atoms with E-state index >= 15 is 0 Å². The Hall–Kier alpha value is -0.880. The molecular formula is C16H23Cl2N3O2. The van der Waals surface area contributed by atoms with Crippen molar-refractivity contribution in [3.05, 3.63) is 38.9 Å². The van der Waals surface area contributed by atoms with Crippen molar-refractivity contribution >= 4 is 29.7 Å². The highest BCUT2D eigenvalue weighted by Gasteiger charge is 2.25. The van der Waals surface area contributed by atoms with Crippen LogP contribution in [0.5, 0.6) is 0 Å². The predicted molar refractivity (Wildman–Crippen MR) is 94.4 cm³/mol. The summed E-state index contributed by atoms with van der Waals surface area (Å²) in [7, 11) is 0. The van der Waals surface area contributed by atoms with Crippen molar-refractivity contribution in [1.82, 2.24) is 10.2 Å². The Labute approximate surface area is 147 Å². The first kappa shape index (κ1) is 18.5. The van der Waals surface area contributed by atoms with Crippen molar-refractivity contribution in [3.8, 4) is 0 Å². The van der Waals surface area contributed by atoms with E-state index in [0.29, 0.717) is 23.2 Å². The highest BCUT2D eigenvalue weighted by molar-refractivity contribution is 6.30. The number of nitrogens with zero attached hydrogens (tertiary/aromatic N) is 2. The van der Waals surface area contributed by atoms with E-state index < -0.39 is 0 Å². The molecule has 23 heavy (non-hydrogen) atoms. The Morgan fingerprint density at radius 1 is 1.26 bits per heavy atom. The first-order chi connectivity index (χ1) is 10.6. The van der Waals surface area contributed by atoms with Gasteiger partial charge in [-0.25, -0.2) is 0 Å². The third-order valence-corrected chi connectivity index (χ3v) is 4.85. The van der Waals surface area contributed by atoms with Gasteiger partial charge in [0.25, 0.3) is 5.69 Å². The summed E-state index contributed by atoms with van der Waals surface area (Å²) < 4.78 is 0. The molecule has 128 valence electrons. The van der Waals surface area contributed by atoms with Crippen LogP contribution in [0, 0.1) is 16.0 Å². The molecule has 0 bridgehead atoms. The van der Waals surface area contributed by atoms with Crippen molar-refractivity contribution in [3.63, 3.8) is 0 Å². The monoisotopic (exact) mass is 359 g/mol. The molecule has 1 saturated carbocycles. The first-order valence-electron chi connectivity index (χ1n) is 8.00. The van der Waals surface area contributed by atoms with Crippen LogP contribution in [0.1, 0.15) is 31.2 Å². The second-order valence-electron chi connectivity index (χ2n) is 6.43. The summed E-state index contributed by atoms with van der Waals surface area (Å²) in [5.74, 6) is 0.909. The normalized spacial score (nSPS) is 19.3. The molecule has 1 aromatic rings. The summed E-state index contributed by atoms with van der Waals surface area (Å²) in [5.41, 5.74) is 0.875. The van der Waals surface area contributed by atoms with E-state index in [-0.39, 0.29) is 23.0 Å². The number of nitro benzene ring substituents is 1. The van der Waals surface area contributed by atoms with Gasteiger partial charge >= 0.3 is 0 Å². The third kappa shape index (κ3) is 5.31. The van der Waals surface area contributed by atoms with Gasteiger partial charge in [-0.2, -0.15) is 0 Å². The van der Waals surface area contributed by atoms with Crippen molar-refractivity contribution in [2.24, 2.45) is 5.92 Å². The summed E-state index contributed by atoms with van der Waals surface area (Å²) in [5, 5.41) is 15.3. The van der Waals surface area contributed by atoms with E-state index in [1.54, 1.807) is 12.1 Å². The van der Waals surface area contributed by atoms with Crippen LogP contribution in [-0.4, -0.2) is 35.5 Å². The average Bonchev–Trinajstić information content (AvgIpc) is 3.30. The van der Waals surface area contributed by atoms with E-state index in [1.807, 2.05) is 0 Å². The van der Waals surface area contributed by atoms with Crippen molar-refractivity contribution in [1.29, 1.82) is 0 Å². The number of rotatable bonds is 6. The number of benzene rings is 1. The second kappa shape index (κ2) is 8.29. The van der Waals surface area contributed by atoms with E-state index in [0.717, 1.165) is 38.4 Å². The van der Waals surface area contributed by atoms with Gasteiger partial charge in [0.05, 0.1) is 4.92 Å². The highest BCUT2D eigenvalue weighted by atomic mass is 35.5. The minimum atomic E-state index is -0.324. The second-order valence-corrected chi connectivity index (χ2v) is 6.87. The van der Waals surface area contributed by atoms with Gasteiger partial charge in [-0.3, -0.25) is 15.0 Å². The third-order valence-electron chi connectivity index (χ3n) is 4.61. The standard InChI is InChI=1S/C16H22ClN3O2.ClH/c17-14-3-4-16(20(21)22)13(9-14)11-19-7-5-15(6-8-19)18-10-12-1-2-12;/h3-4,9,12,15,18H,1-2,5-8,10-11H2;1H. The number of nitrogens with one attached hydrogen (secondary N) is 1. The van der Waals surface area contributed by atoms with Gasteiger partial charge in [0, 0.05) is 29.2 Å². The largest absolute Gasteiger partial charge is 0.314 e. The van der Waals surface area contributed by atoms with Crippen molar-refractivity contribution in [2.45, 2.75) is 38.3 Å². The van der Waals surface area contributed by atoms with Crippen LogP contribution >= 0.6 is 24.0 Å². The van der Waals surface area contributed by atoms with E-state index in [2.05, 4.69) is 10.2 Å². The lowest BCUT2D eigenvalue weighted by molar-refractivity contribution is -0.385. The average molecular weight is 360 g/mol. The Kier molecular flexibility index (Phi) is 6.65. The molecule has 1 heterocycles. The summed E-state index contributed by atoms with van der Waals surface area (Å²) in [4.78, 5) is 13.1. The van der Waals surface area contributed by atoms with Gasteiger partial charge in [0.15, 0.2) is 0 Å². The number of hydrogen-bond donors (Lipinski definition) is 1. The maximum Gasteiger partial charge on any atom is 0.273 e. The summed E-state index contributed by atoms with van der Waals surface area (Å²) in [6.07, 6.45) is 4.98. The lowest BCUT2D eigenvalue weighted by atomic mass is 10.0. The molecule has 1 aromatic carbocycles. The van der Waals surface area contributed by atoms with Gasteiger partial charge in [-0.05, 0) is 63.4 Å². The number of nitro groups is 1. The summed E-state index contributed by atoms with van der Waals surface area (Å²) in [6.45, 7) is 3.72. The van der Waals surface area contributed by atoms with Crippen molar-refractivity contribution in [2.75, 3.05) is 19.6 Å². The maximum absolute atomic E-state index is 11.1. The summed E-state index contributed by atoms with van der Waals surface area (Å²) in [6, 6.07) is 5.40. The van der Waals surface area contributed by atoms with Crippen LogP contribution in [-0.2, 0) is 6.54 Å². The lowest BCUT2D eigenvalue weighted by Crippen LogP contribution is -2.42. The molecule has 1 saturated heterocycles. The molecule has 7 heteroatoms. The number of likely N-dealkylation sites (tertiary alicyclic amines) is 1. The van der Waals surface area contributed by atoms with Crippen LogP contribution in [0.25, 0.3) is 0 Å². The zero-order valence-corrected chi connectivity index (χ0v) is 14.6. The van der Waals surface area contributed by atoms with Crippen LogP contribution < -0.4 is 5.32 Å². The molecule has 0 amide bonds. The molecule has 2 fully saturated rings. The van der Waals surface area contributed by atoms with E-state index in [1.165, 1.54) is 18.9 Å². The van der Waals surface area contributed by atoms with E-state index in [9.17, 15) is 10.1 Å². The fourth-order valence-electron chi connectivity index (χ4n) is 3.05. The molecule has 0 unspecified atom stereocenters. The zero-order chi connectivity index (χ0) is 15.5. The minimum absolute atomic E-state index is 0. The lowest BCUT2D eigenvalue weighted by Gasteiger charge is -2.32. The quantitative estimate of drug-likeness (QED) is 0.622. The molecule has 3 rings (SSSR count). The molecule has 1 N–H and O–H groups in total. The number of halogens is 2. The Morgan fingerprint density at radius 3 is 2.57 bits per heavy atom. The predicted octanol–water partition coefficient (Wildman–Crippen LogP) is 3.63. The van der Waals surface area contributed by atoms with Crippen LogP contribution in [0.2, 0.25) is 5.02 Å². The van der Waals surface area contributed by atoms with Crippen LogP contribution in [0.4, 0.5) is 5.69 Å². The van der Waals surface area contributed by atoms with Crippen LogP contribution in [0.15, 0.2) is 18.2 Å². The van der Waals surface area contributed by atoms with Crippen molar-refractivity contribution < 1.29 is 4.92 Å². The molecule has 0 radical (unpaired) electrons. The Bertz CT molecular complexity index is 544. The van der Waals surface area contributed by atoms with Gasteiger partial charge in [-0.1, -0.05) is 11.6 Å². The molecule has 1 aliphatic carbocycles. The fraction of sp³-hybridized carbons (Fsp3) is 0.625. The smallest absolute Gasteiger partial charge is 0.273 e. The molecule has 2 aliphatic rings. The fourth-order valence-corrected chi connectivity index (χ4v) is 3.24. The SMILES string of the molecule is Cl.O=[N+]([O-])c1ccc(Cl)cc1CN1CCC(NCC2CC2)CC1.